The van der Waals surface area contributed by atoms with Crippen LogP contribution in [0.4, 0.5) is 0 Å². The number of hydrogen-bond acceptors (Lipinski definition) is 2. The third-order valence-electron chi connectivity index (χ3n) is 1.22. The van der Waals surface area contributed by atoms with Gasteiger partial charge in [0.2, 0.25) is 5.91 Å². The molecule has 54 valence electrons. The molecule has 0 aliphatic heterocycles. The summed E-state index contributed by atoms with van der Waals surface area (Å²) in [7, 11) is 0. The van der Waals surface area contributed by atoms with Gasteiger partial charge in [0, 0.05) is 19.0 Å². The maximum atomic E-state index is 10.4. The summed E-state index contributed by atoms with van der Waals surface area (Å²) in [6.07, 6.45) is 0. The lowest BCUT2D eigenvalue weighted by Crippen LogP contribution is -2.42. The van der Waals surface area contributed by atoms with Crippen molar-refractivity contribution in [3.8, 4) is 0 Å². The first-order valence-electron chi connectivity index (χ1n) is 3.06. The molecule has 0 aromatic rings. The van der Waals surface area contributed by atoms with Crippen molar-refractivity contribution < 1.29 is 4.79 Å². The molecule has 0 spiro atoms. The molecule has 3 heteroatoms. The van der Waals surface area contributed by atoms with Gasteiger partial charge in [0.05, 0.1) is 0 Å². The highest BCUT2D eigenvalue weighted by Gasteiger charge is 2.06. The SMILES string of the molecule is CC(=O)N[C@@H](C)C(C)N. The van der Waals surface area contributed by atoms with E-state index < -0.39 is 0 Å². The molecule has 1 amide bonds. The summed E-state index contributed by atoms with van der Waals surface area (Å²) in [5.74, 6) is -0.0280. The largest absolute Gasteiger partial charge is 0.352 e. The van der Waals surface area contributed by atoms with Crippen LogP contribution >= 0.6 is 0 Å². The summed E-state index contributed by atoms with van der Waals surface area (Å²) in [5.41, 5.74) is 5.47. The van der Waals surface area contributed by atoms with Crippen LogP contribution in [0.25, 0.3) is 0 Å². The Labute approximate surface area is 55.6 Å². The fraction of sp³-hybridized carbons (Fsp3) is 0.833. The van der Waals surface area contributed by atoms with Crippen molar-refractivity contribution in [3.05, 3.63) is 0 Å². The predicted molar refractivity (Wildman–Crippen MR) is 36.9 cm³/mol. The third-order valence-corrected chi connectivity index (χ3v) is 1.22. The minimum Gasteiger partial charge on any atom is -0.352 e. The van der Waals surface area contributed by atoms with E-state index in [0.717, 1.165) is 0 Å². The first kappa shape index (κ1) is 8.43. The van der Waals surface area contributed by atoms with Crippen molar-refractivity contribution in [1.82, 2.24) is 5.32 Å². The zero-order chi connectivity index (χ0) is 7.44. The molecule has 0 aromatic carbocycles. The first-order valence-corrected chi connectivity index (χ1v) is 3.06. The molecule has 0 radical (unpaired) electrons. The van der Waals surface area contributed by atoms with Gasteiger partial charge in [-0.3, -0.25) is 4.79 Å². The van der Waals surface area contributed by atoms with Crippen molar-refractivity contribution in [2.45, 2.75) is 32.9 Å². The summed E-state index contributed by atoms with van der Waals surface area (Å²) >= 11 is 0. The van der Waals surface area contributed by atoms with Crippen molar-refractivity contribution in [2.24, 2.45) is 5.73 Å². The monoisotopic (exact) mass is 130 g/mol. The molecule has 0 saturated heterocycles. The minimum absolute atomic E-state index is 0.0221. The number of carbonyl (C=O) groups excluding carboxylic acids is 1. The van der Waals surface area contributed by atoms with Crippen LogP contribution < -0.4 is 11.1 Å². The van der Waals surface area contributed by atoms with Crippen LogP contribution in [0.1, 0.15) is 20.8 Å². The molecule has 0 aliphatic rings. The molecule has 0 aromatic heterocycles. The van der Waals surface area contributed by atoms with Crippen molar-refractivity contribution in [2.75, 3.05) is 0 Å². The van der Waals surface area contributed by atoms with Gasteiger partial charge in [0.1, 0.15) is 0 Å². The Morgan fingerprint density at radius 2 is 2.00 bits per heavy atom. The molecule has 9 heavy (non-hydrogen) atoms. The summed E-state index contributed by atoms with van der Waals surface area (Å²) in [6.45, 7) is 5.23. The van der Waals surface area contributed by atoms with E-state index >= 15 is 0 Å². The Balaban J connectivity index is 3.50. The van der Waals surface area contributed by atoms with Gasteiger partial charge in [0.25, 0.3) is 0 Å². The zero-order valence-corrected chi connectivity index (χ0v) is 6.14. The summed E-state index contributed by atoms with van der Waals surface area (Å²) < 4.78 is 0. The number of rotatable bonds is 2. The van der Waals surface area contributed by atoms with Gasteiger partial charge in [-0.05, 0) is 13.8 Å². The number of amides is 1. The second-order valence-electron chi connectivity index (χ2n) is 2.35. The van der Waals surface area contributed by atoms with Gasteiger partial charge in [-0.15, -0.1) is 0 Å². The van der Waals surface area contributed by atoms with Crippen LogP contribution in [-0.2, 0) is 4.79 Å². The van der Waals surface area contributed by atoms with Gasteiger partial charge in [-0.25, -0.2) is 0 Å². The highest BCUT2D eigenvalue weighted by atomic mass is 16.1. The maximum absolute atomic E-state index is 10.4. The lowest BCUT2D eigenvalue weighted by Gasteiger charge is -2.15. The number of hydrogen-bond donors (Lipinski definition) is 2. The molecule has 2 atom stereocenters. The number of carbonyl (C=O) groups is 1. The average Bonchev–Trinajstić information content (AvgIpc) is 1.63. The van der Waals surface area contributed by atoms with Crippen molar-refractivity contribution in [3.63, 3.8) is 0 Å². The molecule has 0 rings (SSSR count). The Bertz CT molecular complexity index is 101. The van der Waals surface area contributed by atoms with Gasteiger partial charge >= 0.3 is 0 Å². The molecule has 0 fully saturated rings. The quantitative estimate of drug-likeness (QED) is 0.546. The lowest BCUT2D eigenvalue weighted by molar-refractivity contribution is -0.119. The topological polar surface area (TPSA) is 55.1 Å². The zero-order valence-electron chi connectivity index (χ0n) is 6.14. The highest BCUT2D eigenvalue weighted by Crippen LogP contribution is 1.85. The Hall–Kier alpha value is -0.570. The van der Waals surface area contributed by atoms with E-state index in [1.807, 2.05) is 13.8 Å². The van der Waals surface area contributed by atoms with E-state index in [4.69, 9.17) is 5.73 Å². The molecular formula is C6H14N2O. The second-order valence-corrected chi connectivity index (χ2v) is 2.35. The fourth-order valence-electron chi connectivity index (χ4n) is 0.452. The number of nitrogens with one attached hydrogen (secondary N) is 1. The smallest absolute Gasteiger partial charge is 0.217 e. The van der Waals surface area contributed by atoms with E-state index in [0.29, 0.717) is 0 Å². The molecule has 0 aliphatic carbocycles. The average molecular weight is 130 g/mol. The maximum Gasteiger partial charge on any atom is 0.217 e. The summed E-state index contributed by atoms with van der Waals surface area (Å²) in [4.78, 5) is 10.4. The Morgan fingerprint density at radius 1 is 1.56 bits per heavy atom. The van der Waals surface area contributed by atoms with Gasteiger partial charge < -0.3 is 11.1 Å². The molecule has 0 saturated carbocycles. The van der Waals surface area contributed by atoms with Gasteiger partial charge in [-0.2, -0.15) is 0 Å². The van der Waals surface area contributed by atoms with E-state index in [1.54, 1.807) is 0 Å². The molecule has 1 unspecified atom stereocenters. The van der Waals surface area contributed by atoms with Crippen LogP contribution in [0.3, 0.4) is 0 Å². The van der Waals surface area contributed by atoms with E-state index in [2.05, 4.69) is 5.32 Å². The first-order chi connectivity index (χ1) is 4.04. The lowest BCUT2D eigenvalue weighted by atomic mass is 10.2. The van der Waals surface area contributed by atoms with E-state index in [-0.39, 0.29) is 18.0 Å². The molecule has 0 bridgehead atoms. The minimum atomic E-state index is -0.0280. The van der Waals surface area contributed by atoms with Crippen LogP contribution in [0.2, 0.25) is 0 Å². The van der Waals surface area contributed by atoms with Crippen LogP contribution in [0, 0.1) is 0 Å². The molecular weight excluding hydrogens is 116 g/mol. The van der Waals surface area contributed by atoms with Crippen molar-refractivity contribution in [1.29, 1.82) is 0 Å². The van der Waals surface area contributed by atoms with Crippen LogP contribution in [0.5, 0.6) is 0 Å². The van der Waals surface area contributed by atoms with Gasteiger partial charge in [-0.1, -0.05) is 0 Å². The van der Waals surface area contributed by atoms with Crippen LogP contribution in [-0.4, -0.2) is 18.0 Å². The summed E-state index contributed by atoms with van der Waals surface area (Å²) in [5, 5.41) is 2.68. The standard InChI is InChI=1S/C6H14N2O/c1-4(7)5(2)8-6(3)9/h4-5H,7H2,1-3H3,(H,8,9)/t4?,5-/m0/s1. The fourth-order valence-corrected chi connectivity index (χ4v) is 0.452. The molecule has 3 nitrogen and oxygen atoms in total. The summed E-state index contributed by atoms with van der Waals surface area (Å²) in [6, 6.07) is 0.0939. The normalized spacial score (nSPS) is 16.4. The third kappa shape index (κ3) is 3.97. The predicted octanol–water partition coefficient (Wildman–Crippen LogP) is -0.142. The highest BCUT2D eigenvalue weighted by molar-refractivity contribution is 5.73. The molecule has 0 heterocycles. The second kappa shape index (κ2) is 3.45. The van der Waals surface area contributed by atoms with Crippen LogP contribution in [0.15, 0.2) is 0 Å². The Morgan fingerprint density at radius 3 is 2.11 bits per heavy atom. The molecule has 3 N–H and O–H groups in total. The Kier molecular flexibility index (Phi) is 3.24. The van der Waals surface area contributed by atoms with Gasteiger partial charge in [0.15, 0.2) is 0 Å². The van der Waals surface area contributed by atoms with E-state index in [9.17, 15) is 4.79 Å². The van der Waals surface area contributed by atoms with E-state index in [1.165, 1.54) is 6.92 Å². The number of nitrogens with two attached hydrogens (primary N) is 1. The van der Waals surface area contributed by atoms with Crippen molar-refractivity contribution >= 4 is 5.91 Å².